The van der Waals surface area contributed by atoms with E-state index in [1.807, 2.05) is 32.9 Å². The minimum absolute atomic E-state index is 0.00550. The van der Waals surface area contributed by atoms with Gasteiger partial charge in [-0.05, 0) is 44.9 Å². The van der Waals surface area contributed by atoms with Gasteiger partial charge in [-0.1, -0.05) is 0 Å². The lowest BCUT2D eigenvalue weighted by molar-refractivity contribution is -0.128. The number of carbonyl (C=O) groups is 1. The molecular formula is C13H19ClN2O. The highest BCUT2D eigenvalue weighted by atomic mass is 35.5. The fourth-order valence-corrected chi connectivity index (χ4v) is 1.52. The van der Waals surface area contributed by atoms with Crippen LogP contribution in [0.4, 0.5) is 0 Å². The van der Waals surface area contributed by atoms with E-state index in [1.165, 1.54) is 0 Å². The van der Waals surface area contributed by atoms with Gasteiger partial charge >= 0.3 is 0 Å². The summed E-state index contributed by atoms with van der Waals surface area (Å²) in [5, 5.41) is 2.98. The molecule has 4 heteroatoms. The molecule has 1 amide bonds. The molecule has 1 aromatic heterocycles. The zero-order valence-electron chi connectivity index (χ0n) is 10.5. The molecule has 0 aliphatic carbocycles. The lowest BCUT2D eigenvalue weighted by atomic mass is 9.94. The van der Waals surface area contributed by atoms with Gasteiger partial charge in [0.2, 0.25) is 5.91 Å². The van der Waals surface area contributed by atoms with E-state index in [9.17, 15) is 4.79 Å². The standard InChI is InChI=1S/C13H19ClN2O/c1-10(8-11-4-6-15-7-5-11)16-12(17)13(2,3)9-14/h4-7,10H,8-9H2,1-3H3,(H,16,17). The van der Waals surface area contributed by atoms with Crippen molar-refractivity contribution in [3.05, 3.63) is 30.1 Å². The molecule has 0 spiro atoms. The summed E-state index contributed by atoms with van der Waals surface area (Å²) in [5.74, 6) is 0.315. The normalized spacial score (nSPS) is 13.2. The van der Waals surface area contributed by atoms with Crippen molar-refractivity contribution in [1.82, 2.24) is 10.3 Å². The molecule has 0 aromatic carbocycles. The first-order valence-electron chi connectivity index (χ1n) is 5.71. The molecule has 1 heterocycles. The lowest BCUT2D eigenvalue weighted by Gasteiger charge is -2.23. The van der Waals surface area contributed by atoms with Crippen LogP contribution in [-0.4, -0.2) is 22.8 Å². The van der Waals surface area contributed by atoms with Crippen LogP contribution in [0.5, 0.6) is 0 Å². The van der Waals surface area contributed by atoms with E-state index in [4.69, 9.17) is 11.6 Å². The Bertz CT molecular complexity index is 365. The Labute approximate surface area is 108 Å². The molecule has 1 N–H and O–H groups in total. The van der Waals surface area contributed by atoms with Crippen molar-refractivity contribution in [2.45, 2.75) is 33.2 Å². The van der Waals surface area contributed by atoms with E-state index in [0.29, 0.717) is 5.88 Å². The fourth-order valence-electron chi connectivity index (χ4n) is 1.40. The van der Waals surface area contributed by atoms with Crippen LogP contribution in [0.1, 0.15) is 26.3 Å². The first kappa shape index (κ1) is 14.0. The van der Waals surface area contributed by atoms with Gasteiger partial charge in [-0.3, -0.25) is 9.78 Å². The second kappa shape index (κ2) is 6.01. The van der Waals surface area contributed by atoms with Gasteiger partial charge in [0.25, 0.3) is 0 Å². The molecule has 0 radical (unpaired) electrons. The van der Waals surface area contributed by atoms with Crippen LogP contribution in [-0.2, 0) is 11.2 Å². The second-order valence-corrected chi connectivity index (χ2v) is 5.22. The molecule has 0 bridgehead atoms. The van der Waals surface area contributed by atoms with Crippen molar-refractivity contribution in [3.8, 4) is 0 Å². The Hall–Kier alpha value is -1.09. The average Bonchev–Trinajstić information content (AvgIpc) is 2.30. The van der Waals surface area contributed by atoms with E-state index in [0.717, 1.165) is 12.0 Å². The maximum atomic E-state index is 11.9. The summed E-state index contributed by atoms with van der Waals surface area (Å²) in [4.78, 5) is 15.8. The minimum Gasteiger partial charge on any atom is -0.353 e. The van der Waals surface area contributed by atoms with Crippen LogP contribution in [0.3, 0.4) is 0 Å². The summed E-state index contributed by atoms with van der Waals surface area (Å²) in [6, 6.07) is 4.00. The number of nitrogens with one attached hydrogen (secondary N) is 1. The number of pyridine rings is 1. The van der Waals surface area contributed by atoms with Crippen molar-refractivity contribution in [2.24, 2.45) is 5.41 Å². The molecular weight excluding hydrogens is 236 g/mol. The third-order valence-electron chi connectivity index (χ3n) is 2.62. The Kier molecular flexibility index (Phi) is 4.94. The predicted octanol–water partition coefficient (Wildman–Crippen LogP) is 2.39. The van der Waals surface area contributed by atoms with Crippen LogP contribution < -0.4 is 5.32 Å². The third-order valence-corrected chi connectivity index (χ3v) is 3.29. The van der Waals surface area contributed by atoms with E-state index in [2.05, 4.69) is 10.3 Å². The predicted molar refractivity (Wildman–Crippen MR) is 70.0 cm³/mol. The van der Waals surface area contributed by atoms with Gasteiger partial charge < -0.3 is 5.32 Å². The summed E-state index contributed by atoms with van der Waals surface area (Å²) in [5.41, 5.74) is 0.644. The van der Waals surface area contributed by atoms with Crippen LogP contribution in [0.25, 0.3) is 0 Å². The maximum absolute atomic E-state index is 11.9. The number of alkyl halides is 1. The molecule has 0 aliphatic heterocycles. The van der Waals surface area contributed by atoms with Gasteiger partial charge in [-0.15, -0.1) is 11.6 Å². The molecule has 1 aromatic rings. The lowest BCUT2D eigenvalue weighted by Crippen LogP contribution is -2.43. The van der Waals surface area contributed by atoms with E-state index in [1.54, 1.807) is 12.4 Å². The Balaban J connectivity index is 2.51. The largest absolute Gasteiger partial charge is 0.353 e. The number of amides is 1. The van der Waals surface area contributed by atoms with Crippen LogP contribution in [0.15, 0.2) is 24.5 Å². The SMILES string of the molecule is CC(Cc1ccncc1)NC(=O)C(C)(C)CCl. The molecule has 94 valence electrons. The number of rotatable bonds is 5. The number of hydrogen-bond acceptors (Lipinski definition) is 2. The molecule has 0 saturated carbocycles. The molecule has 17 heavy (non-hydrogen) atoms. The number of halogens is 1. The second-order valence-electron chi connectivity index (χ2n) is 4.95. The summed E-state index contributed by atoms with van der Waals surface area (Å²) in [6.07, 6.45) is 4.31. The molecule has 0 aliphatic rings. The molecule has 1 rings (SSSR count). The van der Waals surface area contributed by atoms with Crippen LogP contribution in [0.2, 0.25) is 0 Å². The topological polar surface area (TPSA) is 42.0 Å². The Morgan fingerprint density at radius 3 is 2.59 bits per heavy atom. The van der Waals surface area contributed by atoms with Crippen molar-refractivity contribution in [2.75, 3.05) is 5.88 Å². The summed E-state index contributed by atoms with van der Waals surface area (Å²) in [7, 11) is 0. The first-order chi connectivity index (χ1) is 7.95. The van der Waals surface area contributed by atoms with Crippen LogP contribution in [0, 0.1) is 5.41 Å². The zero-order valence-corrected chi connectivity index (χ0v) is 11.3. The van der Waals surface area contributed by atoms with E-state index >= 15 is 0 Å². The van der Waals surface area contributed by atoms with Gasteiger partial charge in [0.15, 0.2) is 0 Å². The van der Waals surface area contributed by atoms with Crippen molar-refractivity contribution in [1.29, 1.82) is 0 Å². The van der Waals surface area contributed by atoms with Crippen molar-refractivity contribution < 1.29 is 4.79 Å². The van der Waals surface area contributed by atoms with E-state index in [-0.39, 0.29) is 11.9 Å². The maximum Gasteiger partial charge on any atom is 0.227 e. The zero-order chi connectivity index (χ0) is 12.9. The fraction of sp³-hybridized carbons (Fsp3) is 0.538. The summed E-state index contributed by atoms with van der Waals surface area (Å²) < 4.78 is 0. The van der Waals surface area contributed by atoms with Gasteiger partial charge in [-0.2, -0.15) is 0 Å². The number of hydrogen-bond donors (Lipinski definition) is 1. The van der Waals surface area contributed by atoms with Gasteiger partial charge in [-0.25, -0.2) is 0 Å². The monoisotopic (exact) mass is 254 g/mol. The van der Waals surface area contributed by atoms with Crippen molar-refractivity contribution >= 4 is 17.5 Å². The number of aromatic nitrogens is 1. The Morgan fingerprint density at radius 1 is 1.47 bits per heavy atom. The molecule has 1 unspecified atom stereocenters. The molecule has 1 atom stereocenters. The van der Waals surface area contributed by atoms with E-state index < -0.39 is 5.41 Å². The van der Waals surface area contributed by atoms with Gasteiger partial charge in [0.1, 0.15) is 0 Å². The molecule has 0 fully saturated rings. The average molecular weight is 255 g/mol. The summed E-state index contributed by atoms with van der Waals surface area (Å²) in [6.45, 7) is 5.67. The highest BCUT2D eigenvalue weighted by Crippen LogP contribution is 2.17. The number of carbonyl (C=O) groups excluding carboxylic acids is 1. The third kappa shape index (κ3) is 4.35. The van der Waals surface area contributed by atoms with Gasteiger partial charge in [0.05, 0.1) is 5.41 Å². The highest BCUT2D eigenvalue weighted by molar-refractivity contribution is 6.19. The molecule has 0 saturated heterocycles. The van der Waals surface area contributed by atoms with Crippen LogP contribution >= 0.6 is 11.6 Å². The molecule has 3 nitrogen and oxygen atoms in total. The van der Waals surface area contributed by atoms with Gasteiger partial charge in [0, 0.05) is 24.3 Å². The minimum atomic E-state index is -0.520. The van der Waals surface area contributed by atoms with Crippen molar-refractivity contribution in [3.63, 3.8) is 0 Å². The first-order valence-corrected chi connectivity index (χ1v) is 6.25. The number of nitrogens with zero attached hydrogens (tertiary/aromatic N) is 1. The quantitative estimate of drug-likeness (QED) is 0.820. The smallest absolute Gasteiger partial charge is 0.227 e. The summed E-state index contributed by atoms with van der Waals surface area (Å²) >= 11 is 5.76. The Morgan fingerprint density at radius 2 is 2.06 bits per heavy atom. The highest BCUT2D eigenvalue weighted by Gasteiger charge is 2.27.